The highest BCUT2D eigenvalue weighted by Gasteiger charge is 2.40. The molecule has 0 fully saturated rings. The molecule has 0 heterocycles. The van der Waals surface area contributed by atoms with Gasteiger partial charge in [-0.1, -0.05) is 12.1 Å². The fraction of sp³-hybridized carbons (Fsp3) is 0.318. The van der Waals surface area contributed by atoms with Crippen molar-refractivity contribution in [1.29, 1.82) is 0 Å². The zero-order valence-corrected chi connectivity index (χ0v) is 15.9. The third kappa shape index (κ3) is 2.81. The molecule has 2 aliphatic rings. The molecular weight excluding hydrogens is 374 g/mol. The third-order valence-corrected chi connectivity index (χ3v) is 5.85. The number of carbonyl (C=O) groups is 3. The molecule has 0 bridgehead atoms. The Kier molecular flexibility index (Phi) is 4.62. The Hall–Kier alpha value is -3.19. The molecule has 1 unspecified atom stereocenters. The van der Waals surface area contributed by atoms with Crippen molar-refractivity contribution in [1.82, 2.24) is 0 Å². The first-order valence-electron chi connectivity index (χ1n) is 9.54. The summed E-state index contributed by atoms with van der Waals surface area (Å²) in [5, 5.41) is 33.7. The molecule has 0 aliphatic heterocycles. The van der Waals surface area contributed by atoms with Gasteiger partial charge in [0.25, 0.3) is 0 Å². The van der Waals surface area contributed by atoms with Crippen molar-refractivity contribution >= 4 is 23.0 Å². The van der Waals surface area contributed by atoms with E-state index < -0.39 is 11.6 Å². The average molecular weight is 395 g/mol. The number of phenols is 2. The summed E-state index contributed by atoms with van der Waals surface area (Å²) in [7, 11) is 0. The van der Waals surface area contributed by atoms with Gasteiger partial charge in [0.15, 0.2) is 11.6 Å². The minimum Gasteiger partial charge on any atom is -0.507 e. The topological polar surface area (TPSA) is 124 Å². The number of Topliss-reactive ketones (excluding diaryl/α,β-unsaturated/α-hetero) is 1. The summed E-state index contributed by atoms with van der Waals surface area (Å²) in [5.41, 5.74) is 1.01. The van der Waals surface area contributed by atoms with Gasteiger partial charge >= 0.3 is 0 Å². The van der Waals surface area contributed by atoms with Crippen LogP contribution >= 0.6 is 0 Å². The first-order chi connectivity index (χ1) is 13.9. The second-order valence-electron chi connectivity index (χ2n) is 7.49. The summed E-state index contributed by atoms with van der Waals surface area (Å²) in [6.07, 6.45) is 1.07. The van der Waals surface area contributed by atoms with E-state index in [0.717, 1.165) is 0 Å². The van der Waals surface area contributed by atoms with E-state index in [4.69, 9.17) is 5.11 Å². The van der Waals surface area contributed by atoms with Crippen LogP contribution in [0.1, 0.15) is 56.3 Å². The maximum Gasteiger partial charge on any atom is 0.200 e. The normalized spacial score (nSPS) is 17.4. The van der Waals surface area contributed by atoms with Gasteiger partial charge < -0.3 is 20.6 Å². The fourth-order valence-electron chi connectivity index (χ4n) is 4.35. The Morgan fingerprint density at radius 3 is 2.45 bits per heavy atom. The molecule has 2 aromatic carbocycles. The molecular formula is C22H21NO6. The van der Waals surface area contributed by atoms with Crippen LogP contribution in [0.5, 0.6) is 11.5 Å². The lowest BCUT2D eigenvalue weighted by Crippen LogP contribution is -2.27. The number of rotatable bonds is 4. The van der Waals surface area contributed by atoms with Crippen LogP contribution in [0.2, 0.25) is 0 Å². The van der Waals surface area contributed by atoms with E-state index in [9.17, 15) is 24.6 Å². The molecule has 0 radical (unpaired) electrons. The molecule has 150 valence electrons. The van der Waals surface area contributed by atoms with E-state index >= 15 is 0 Å². The molecule has 2 aromatic rings. The second-order valence-corrected chi connectivity index (χ2v) is 7.49. The van der Waals surface area contributed by atoms with Crippen LogP contribution in [0.25, 0.3) is 0 Å². The number of anilines is 1. The van der Waals surface area contributed by atoms with Crippen LogP contribution in [0.15, 0.2) is 18.2 Å². The van der Waals surface area contributed by atoms with E-state index in [0.29, 0.717) is 29.7 Å². The lowest BCUT2D eigenvalue weighted by molar-refractivity contribution is -0.121. The minimum absolute atomic E-state index is 0.0143. The van der Waals surface area contributed by atoms with Gasteiger partial charge in [0.05, 0.1) is 23.3 Å². The Morgan fingerprint density at radius 2 is 1.76 bits per heavy atom. The summed E-state index contributed by atoms with van der Waals surface area (Å²) < 4.78 is 0. The zero-order valence-electron chi connectivity index (χ0n) is 15.9. The number of aliphatic hydroxyl groups excluding tert-OH is 1. The molecule has 0 amide bonds. The van der Waals surface area contributed by atoms with Gasteiger partial charge in [-0.3, -0.25) is 14.4 Å². The van der Waals surface area contributed by atoms with Crippen LogP contribution in [0, 0.1) is 5.92 Å². The quantitative estimate of drug-likeness (QED) is 0.498. The lowest BCUT2D eigenvalue weighted by atomic mass is 9.75. The number of phenolic OH excluding ortho intramolecular Hbond substituents is 2. The van der Waals surface area contributed by atoms with Crippen LogP contribution in [-0.2, 0) is 17.6 Å². The van der Waals surface area contributed by atoms with E-state index in [1.54, 1.807) is 12.1 Å². The highest BCUT2D eigenvalue weighted by molar-refractivity contribution is 6.32. The van der Waals surface area contributed by atoms with Crippen LogP contribution in [-0.4, -0.2) is 45.8 Å². The molecule has 29 heavy (non-hydrogen) atoms. The Morgan fingerprint density at radius 1 is 1.07 bits per heavy atom. The smallest absolute Gasteiger partial charge is 0.200 e. The van der Waals surface area contributed by atoms with Crippen LogP contribution in [0.4, 0.5) is 5.69 Å². The van der Waals surface area contributed by atoms with E-state index in [1.165, 1.54) is 13.0 Å². The van der Waals surface area contributed by atoms with E-state index in [2.05, 4.69) is 5.32 Å². The van der Waals surface area contributed by atoms with Gasteiger partial charge in [0.1, 0.15) is 17.3 Å². The number of benzene rings is 2. The third-order valence-electron chi connectivity index (χ3n) is 5.85. The van der Waals surface area contributed by atoms with Gasteiger partial charge in [0, 0.05) is 34.8 Å². The van der Waals surface area contributed by atoms with Gasteiger partial charge in [0.2, 0.25) is 0 Å². The SMILES string of the molecule is CC(=O)C1CCc2c(O)c3c(c(O)c2C1)C(=O)c1cccc(NCCO)c1C3=O. The monoisotopic (exact) mass is 395 g/mol. The average Bonchev–Trinajstić information content (AvgIpc) is 2.72. The van der Waals surface area contributed by atoms with Crippen molar-refractivity contribution in [2.24, 2.45) is 5.92 Å². The predicted molar refractivity (Wildman–Crippen MR) is 105 cm³/mol. The molecule has 0 spiro atoms. The highest BCUT2D eigenvalue weighted by Crippen LogP contribution is 2.47. The maximum absolute atomic E-state index is 13.3. The molecule has 1 atom stereocenters. The summed E-state index contributed by atoms with van der Waals surface area (Å²) in [6, 6.07) is 4.73. The number of aliphatic hydroxyl groups is 1. The summed E-state index contributed by atoms with van der Waals surface area (Å²) in [4.78, 5) is 38.3. The Balaban J connectivity index is 1.92. The largest absolute Gasteiger partial charge is 0.507 e. The van der Waals surface area contributed by atoms with Gasteiger partial charge in [-0.25, -0.2) is 0 Å². The van der Waals surface area contributed by atoms with Gasteiger partial charge in [-0.2, -0.15) is 0 Å². The van der Waals surface area contributed by atoms with Crippen molar-refractivity contribution in [2.75, 3.05) is 18.5 Å². The van der Waals surface area contributed by atoms with Crippen LogP contribution in [0.3, 0.4) is 0 Å². The lowest BCUT2D eigenvalue weighted by Gasteiger charge is -2.29. The number of hydrogen-bond acceptors (Lipinski definition) is 7. The molecule has 0 saturated heterocycles. The number of carbonyl (C=O) groups excluding carboxylic acids is 3. The number of fused-ring (bicyclic) bond motifs is 3. The minimum atomic E-state index is -0.556. The molecule has 7 heteroatoms. The van der Waals surface area contributed by atoms with E-state index in [-0.39, 0.29) is 65.0 Å². The molecule has 4 N–H and O–H groups in total. The number of hydrogen-bond donors (Lipinski definition) is 4. The zero-order chi connectivity index (χ0) is 20.9. The predicted octanol–water partition coefficient (Wildman–Crippen LogP) is 1.97. The summed E-state index contributed by atoms with van der Waals surface area (Å²) in [6.45, 7) is 1.52. The molecule has 4 rings (SSSR count). The Bertz CT molecular complexity index is 1070. The molecule has 7 nitrogen and oxygen atoms in total. The molecule has 2 aliphatic carbocycles. The van der Waals surface area contributed by atoms with Crippen molar-refractivity contribution in [3.63, 3.8) is 0 Å². The van der Waals surface area contributed by atoms with Gasteiger partial charge in [-0.15, -0.1) is 0 Å². The number of aromatic hydroxyl groups is 2. The van der Waals surface area contributed by atoms with Crippen molar-refractivity contribution in [3.05, 3.63) is 51.6 Å². The summed E-state index contributed by atoms with van der Waals surface area (Å²) >= 11 is 0. The number of nitrogens with one attached hydrogen (secondary N) is 1. The first-order valence-corrected chi connectivity index (χ1v) is 9.54. The molecule has 0 aromatic heterocycles. The summed E-state index contributed by atoms with van der Waals surface area (Å²) in [5.74, 6) is -2.03. The molecule has 0 saturated carbocycles. The van der Waals surface area contributed by atoms with E-state index in [1.807, 2.05) is 0 Å². The fourth-order valence-corrected chi connectivity index (χ4v) is 4.35. The van der Waals surface area contributed by atoms with Gasteiger partial charge in [-0.05, 0) is 32.3 Å². The number of ketones is 3. The standard InChI is InChI=1S/C22H21NO6/c1-10(25)11-5-6-12-14(9-11)21(28)17-18(19(12)26)22(29)16-13(20(17)27)3-2-4-15(16)23-7-8-24/h2-4,11,23-24,26,28H,5-9H2,1H3. The first kappa shape index (κ1) is 19.1. The van der Waals surface area contributed by atoms with Crippen LogP contribution < -0.4 is 5.32 Å². The second kappa shape index (κ2) is 7.00. The Labute approximate surface area is 167 Å². The van der Waals surface area contributed by atoms with Crippen molar-refractivity contribution in [3.8, 4) is 11.5 Å². The van der Waals surface area contributed by atoms with Crippen molar-refractivity contribution in [2.45, 2.75) is 26.2 Å². The maximum atomic E-state index is 13.3. The highest BCUT2D eigenvalue weighted by atomic mass is 16.3. The van der Waals surface area contributed by atoms with Crippen molar-refractivity contribution < 1.29 is 29.7 Å².